The first-order valence-electron chi connectivity index (χ1n) is 37.2. The monoisotopic (exact) mass is 2200 g/mol. The Bertz CT molecular complexity index is 6810. The molecule has 0 atom stereocenters. The van der Waals surface area contributed by atoms with Crippen molar-refractivity contribution < 1.29 is 127 Å². The number of fused-ring (bicyclic) bond motifs is 5. The van der Waals surface area contributed by atoms with Crippen molar-refractivity contribution in [2.24, 2.45) is 0 Å². The molecule has 0 unspecified atom stereocenters. The summed E-state index contributed by atoms with van der Waals surface area (Å²) in [5.74, 6) is 15.2. The second-order valence-electron chi connectivity index (χ2n) is 26.9. The molecule has 0 amide bonds. The molecule has 0 radical (unpaired) electrons. The quantitative estimate of drug-likeness (QED) is 0.0244. The van der Waals surface area contributed by atoms with Crippen LogP contribution in [0, 0.1) is 49.9 Å². The number of hydrogen-bond donors (Lipinski definition) is 4. The van der Waals surface area contributed by atoms with Gasteiger partial charge in [0.05, 0.1) is 54.8 Å². The largest absolute Gasteiger partial charge is 0.534 e. The first-order chi connectivity index (χ1) is 61.7. The maximum absolute atomic E-state index is 12.3. The molecular formula is C86H66Cl10F12O17S8. The highest BCUT2D eigenvalue weighted by Gasteiger charge is 2.57. The van der Waals surface area contributed by atoms with Crippen LogP contribution in [0.25, 0.3) is 53.9 Å². The number of aromatic hydroxyl groups is 4. The molecule has 0 spiro atoms. The molecule has 3 heterocycles. The predicted molar refractivity (Wildman–Crippen MR) is 508 cm³/mol. The number of alkyl halides is 12. The van der Waals surface area contributed by atoms with Gasteiger partial charge in [0.15, 0.2) is 11.5 Å². The standard InChI is InChI=1S/C30H26Cl2S2.2C12H7Cl2F3O3S.C10H6Cl2O2.C10H8O2.C10H12S.C2F6O5S2.Cl2O2S/c1-3-5-7-21-17-19-33-27(21)15-11-23-9-13-26-25(29(23)31)14-10-24(30(26)32)12-16-28-22(8-6-4-2)18-20-34-28;2*1-6-2-3-8-7(10(6)13)4-5-9(11(8)14)20-21(18,19)12(15,16)17;11-9-5-1-3-7(13)10(12)6(5)2-4-8(9)14;11-9-3-1-7-5-10(12)4-2-8(7)6-9;1-3-5-6-9-7-8-11-10(9)4-2;3-1(4,5)14(9,10)13-15(11,12)2(6,7)8;1-5(2,3)4/h9-10,13-14,17-20H,3-8H2,1-2H3;2*2-5H,1H3;1-4,13-14H;1-6,11-12H;2,7-8H,3,5-6H2,1H3;;. The van der Waals surface area contributed by atoms with Crippen LogP contribution in [0.4, 0.5) is 52.7 Å². The van der Waals surface area contributed by atoms with Gasteiger partial charge in [-0.3, -0.25) is 0 Å². The summed E-state index contributed by atoms with van der Waals surface area (Å²) in [6, 6.07) is 41.6. The first kappa shape index (κ1) is 114. The molecule has 4 N–H and O–H groups in total. The van der Waals surface area contributed by atoms with Gasteiger partial charge in [-0.15, -0.1) is 44.1 Å². The molecule has 714 valence electrons. The number of unbranched alkanes of at least 4 members (excludes halogenated alkanes) is 3. The van der Waals surface area contributed by atoms with E-state index < -0.39 is 82.3 Å². The number of benzene rings is 10. The summed E-state index contributed by atoms with van der Waals surface area (Å²) >= 11 is 54.2. The number of phenols is 4. The Morgan fingerprint density at radius 1 is 0.346 bits per heavy atom. The van der Waals surface area contributed by atoms with E-state index in [0.29, 0.717) is 52.4 Å². The molecule has 13 rings (SSSR count). The summed E-state index contributed by atoms with van der Waals surface area (Å²) in [7, 11) is -20.4. The predicted octanol–water partition coefficient (Wildman–Crippen LogP) is 29.4. The zero-order chi connectivity index (χ0) is 100. The van der Waals surface area contributed by atoms with Gasteiger partial charge in [-0.2, -0.15) is 94.8 Å². The van der Waals surface area contributed by atoms with Crippen molar-refractivity contribution in [3.63, 3.8) is 0 Å². The van der Waals surface area contributed by atoms with Crippen LogP contribution in [0.1, 0.15) is 113 Å². The number of halogens is 22. The minimum absolute atomic E-state index is 0.000855. The third kappa shape index (κ3) is 32.0. The van der Waals surface area contributed by atoms with Crippen LogP contribution in [-0.4, -0.2) is 84.5 Å². The van der Waals surface area contributed by atoms with Gasteiger partial charge in [0, 0.05) is 75.6 Å². The Balaban J connectivity index is 0.000000244. The molecule has 133 heavy (non-hydrogen) atoms. The second kappa shape index (κ2) is 48.7. The smallest absolute Gasteiger partial charge is 0.508 e. The normalized spacial score (nSPS) is 11.7. The highest BCUT2D eigenvalue weighted by Crippen LogP contribution is 2.44. The summed E-state index contributed by atoms with van der Waals surface area (Å²) in [6.45, 7) is 10.1. The van der Waals surface area contributed by atoms with E-state index in [9.17, 15) is 96.6 Å². The zero-order valence-corrected chi connectivity index (χ0v) is 82.4. The number of rotatable bonds is 15. The van der Waals surface area contributed by atoms with Crippen LogP contribution in [-0.2, 0) is 71.6 Å². The molecule has 0 aliphatic rings. The Morgan fingerprint density at radius 3 is 0.925 bits per heavy atom. The third-order valence-corrected chi connectivity index (χ3v) is 28.0. The van der Waals surface area contributed by atoms with Crippen LogP contribution in [0.3, 0.4) is 0 Å². The average Bonchev–Trinajstić information content (AvgIpc) is 1.27. The molecule has 0 aliphatic carbocycles. The molecule has 47 heteroatoms. The van der Waals surface area contributed by atoms with Gasteiger partial charge in [-0.05, 0) is 210 Å². The second-order valence-corrected chi connectivity index (χ2v) is 42.7. The Morgan fingerprint density at radius 2 is 0.617 bits per heavy atom. The fourth-order valence-corrected chi connectivity index (χ4v) is 17.8. The van der Waals surface area contributed by atoms with Crippen LogP contribution < -0.4 is 8.37 Å². The fraction of sp³-hybridized carbons (Fsp3) is 0.209. The van der Waals surface area contributed by atoms with Crippen molar-refractivity contribution in [3.8, 4) is 70.5 Å². The number of aryl methyl sites for hydroxylation is 5. The van der Waals surface area contributed by atoms with Crippen molar-refractivity contribution in [2.45, 2.75) is 114 Å². The number of hydrogen-bond acceptors (Lipinski definition) is 20. The van der Waals surface area contributed by atoms with Gasteiger partial charge < -0.3 is 28.8 Å². The van der Waals surface area contributed by atoms with E-state index in [1.165, 1.54) is 91.6 Å². The maximum atomic E-state index is 12.3. The van der Waals surface area contributed by atoms with Gasteiger partial charge in [0.2, 0.25) is 0 Å². The minimum Gasteiger partial charge on any atom is -0.508 e. The molecule has 13 aromatic rings. The summed E-state index contributed by atoms with van der Waals surface area (Å²) < 4.78 is 254. The zero-order valence-electron chi connectivity index (χ0n) is 68.3. The molecule has 10 aromatic carbocycles. The number of thiophene rings is 3. The van der Waals surface area contributed by atoms with Gasteiger partial charge >= 0.3 is 70.8 Å². The van der Waals surface area contributed by atoms with Gasteiger partial charge in [0.25, 0.3) is 0 Å². The van der Waals surface area contributed by atoms with Crippen LogP contribution >= 0.6 is 148 Å². The van der Waals surface area contributed by atoms with E-state index >= 15 is 0 Å². The van der Waals surface area contributed by atoms with E-state index in [4.69, 9.17) is 118 Å². The van der Waals surface area contributed by atoms with Gasteiger partial charge in [0.1, 0.15) is 23.0 Å². The van der Waals surface area contributed by atoms with E-state index in [1.807, 2.05) is 27.9 Å². The molecule has 0 saturated carbocycles. The van der Waals surface area contributed by atoms with Crippen LogP contribution in [0.2, 0.25) is 40.2 Å². The Labute approximate surface area is 816 Å². The van der Waals surface area contributed by atoms with E-state index in [-0.39, 0.29) is 43.1 Å². The van der Waals surface area contributed by atoms with E-state index in [0.717, 1.165) is 89.8 Å². The molecule has 0 saturated heterocycles. The van der Waals surface area contributed by atoms with Crippen LogP contribution in [0.5, 0.6) is 34.5 Å². The van der Waals surface area contributed by atoms with Gasteiger partial charge in [-0.25, -0.2) is 0 Å². The van der Waals surface area contributed by atoms with E-state index in [2.05, 4.69) is 114 Å². The van der Waals surface area contributed by atoms with Crippen molar-refractivity contribution in [1.82, 2.24) is 0 Å². The van der Waals surface area contributed by atoms with Gasteiger partial charge in [-0.1, -0.05) is 211 Å². The molecule has 0 aliphatic heterocycles. The van der Waals surface area contributed by atoms with Crippen molar-refractivity contribution in [2.75, 3.05) is 0 Å². The number of phenolic OH excluding ortho intramolecular Hbond substituents is 4. The lowest BCUT2D eigenvalue weighted by atomic mass is 10.0. The molecule has 0 bridgehead atoms. The van der Waals surface area contributed by atoms with Crippen molar-refractivity contribution in [3.05, 3.63) is 262 Å². The Kier molecular flexibility index (Phi) is 41.6. The third-order valence-electron chi connectivity index (χ3n) is 17.5. The molecule has 3 aromatic heterocycles. The first-order valence-corrected chi connectivity index (χ1v) is 51.6. The maximum Gasteiger partial charge on any atom is 0.534 e. The summed E-state index contributed by atoms with van der Waals surface area (Å²) in [6.07, 6.45) is 15.8. The van der Waals surface area contributed by atoms with E-state index in [1.54, 1.807) is 109 Å². The topological polar surface area (TPSA) is 279 Å². The number of terminal acetylenes is 1. The van der Waals surface area contributed by atoms with Crippen molar-refractivity contribution in [1.29, 1.82) is 0 Å². The highest BCUT2D eigenvalue weighted by molar-refractivity contribution is 8.31. The lowest BCUT2D eigenvalue weighted by molar-refractivity contribution is -0.0586. The summed E-state index contributed by atoms with van der Waals surface area (Å²) in [4.78, 5) is 3.36. The molecular weight excluding hydrogens is 2140 g/mol. The molecule has 0 fully saturated rings. The summed E-state index contributed by atoms with van der Waals surface area (Å²) in [5.41, 5.74) is -16.5. The van der Waals surface area contributed by atoms with Crippen molar-refractivity contribution >= 4 is 251 Å². The average molecular weight is 2210 g/mol. The lowest BCUT2D eigenvalue weighted by Gasteiger charge is -2.12. The fourth-order valence-electron chi connectivity index (χ4n) is 10.8. The summed E-state index contributed by atoms with van der Waals surface area (Å²) in [5, 5.41) is 51.7. The lowest BCUT2D eigenvalue weighted by Crippen LogP contribution is -2.34. The molecule has 17 nitrogen and oxygen atoms in total. The SMILES string of the molecule is C#Cc1sccc1CCCC.CCCCc1ccsc1C#Cc1ccc2c(Cl)c(C#Cc3sccc3CCCC)ccc2c1Cl.Cc1ccc2c(Cl)c(OS(=O)(=O)C(F)(F)F)ccc2c1Cl.Cc1ccc2c(Cl)c(OS(=O)(=O)C(F)(F)F)ccc2c1Cl.O=S(=O)(Cl)Cl.O=S(=O)(OS(=O)(=O)C(F)(F)F)C(F)(F)F.Oc1ccc2c(Cl)c(O)ccc2c1Cl.Oc1ccc2cc(O)ccc2c1. The van der Waals surface area contributed by atoms with Crippen LogP contribution in [0.15, 0.2) is 168 Å². The Hall–Kier alpha value is -8.15. The minimum atomic E-state index is -6.85. The highest BCUT2D eigenvalue weighted by atomic mass is 36.0.